The zero-order valence-corrected chi connectivity index (χ0v) is 12.9. The van der Waals surface area contributed by atoms with Gasteiger partial charge in [-0.1, -0.05) is 18.3 Å². The van der Waals surface area contributed by atoms with Crippen molar-refractivity contribution in [3.8, 4) is 0 Å². The lowest BCUT2D eigenvalue weighted by Gasteiger charge is -2.07. The fraction of sp³-hybridized carbons (Fsp3) is 0.500. The molecule has 5 nitrogen and oxygen atoms in total. The van der Waals surface area contributed by atoms with Crippen LogP contribution >= 0.6 is 23.1 Å². The maximum atomic E-state index is 4.56. The summed E-state index contributed by atoms with van der Waals surface area (Å²) in [7, 11) is 0. The van der Waals surface area contributed by atoms with Gasteiger partial charge in [0.2, 0.25) is 0 Å². The number of hydrogen-bond acceptors (Lipinski definition) is 7. The molecule has 0 aliphatic carbocycles. The Hall–Kier alpha value is -1.21. The number of aryl methyl sites for hydroxylation is 2. The summed E-state index contributed by atoms with van der Waals surface area (Å²) in [4.78, 5) is 9.05. The summed E-state index contributed by atoms with van der Waals surface area (Å²) in [6.45, 7) is 6.99. The molecule has 0 saturated carbocycles. The summed E-state index contributed by atoms with van der Waals surface area (Å²) in [6.07, 6.45) is 1.93. The van der Waals surface area contributed by atoms with Crippen molar-refractivity contribution in [3.63, 3.8) is 0 Å². The number of aromatic nitrogens is 4. The van der Waals surface area contributed by atoms with E-state index in [1.54, 1.807) is 23.1 Å². The van der Waals surface area contributed by atoms with Crippen molar-refractivity contribution >= 4 is 28.9 Å². The van der Waals surface area contributed by atoms with Crippen LogP contribution in [0.5, 0.6) is 0 Å². The van der Waals surface area contributed by atoms with Gasteiger partial charge in [-0.05, 0) is 32.0 Å². The van der Waals surface area contributed by atoms with Gasteiger partial charge in [0.05, 0.1) is 0 Å². The Morgan fingerprint density at radius 3 is 2.74 bits per heavy atom. The van der Waals surface area contributed by atoms with Gasteiger partial charge in [0.25, 0.3) is 0 Å². The first kappa shape index (κ1) is 14.2. The minimum Gasteiger partial charge on any atom is -0.370 e. The van der Waals surface area contributed by atoms with Gasteiger partial charge in [0.1, 0.15) is 21.7 Å². The number of rotatable bonds is 6. The number of nitrogens with zero attached hydrogens (tertiary/aromatic N) is 4. The first-order valence-electron chi connectivity index (χ1n) is 6.31. The molecule has 2 aromatic rings. The van der Waals surface area contributed by atoms with Gasteiger partial charge in [-0.25, -0.2) is 9.97 Å². The lowest BCUT2D eigenvalue weighted by Crippen LogP contribution is -2.04. The number of anilines is 1. The molecule has 102 valence electrons. The van der Waals surface area contributed by atoms with Crippen LogP contribution in [0.1, 0.15) is 31.1 Å². The molecule has 7 heteroatoms. The van der Waals surface area contributed by atoms with Crippen molar-refractivity contribution in [3.05, 3.63) is 16.9 Å². The second-order valence-electron chi connectivity index (χ2n) is 3.98. The first-order valence-corrected chi connectivity index (χ1v) is 7.94. The minimum absolute atomic E-state index is 0.852. The highest BCUT2D eigenvalue weighted by Crippen LogP contribution is 2.29. The zero-order valence-electron chi connectivity index (χ0n) is 11.3. The van der Waals surface area contributed by atoms with Crippen LogP contribution in [0.15, 0.2) is 15.4 Å². The van der Waals surface area contributed by atoms with E-state index in [2.05, 4.69) is 39.3 Å². The van der Waals surface area contributed by atoms with E-state index in [9.17, 15) is 0 Å². The fourth-order valence-corrected chi connectivity index (χ4v) is 3.32. The standard InChI is InChI=1S/C12H17N5S2/c1-4-6-9-14-10(13-5-2)7-11(15-9)19-12-17-16-8(3)18-12/h7H,4-6H2,1-3H3,(H,13,14,15). The highest BCUT2D eigenvalue weighted by atomic mass is 32.2. The molecule has 0 aliphatic rings. The third-order valence-electron chi connectivity index (χ3n) is 2.28. The Kier molecular flexibility index (Phi) is 5.09. The quantitative estimate of drug-likeness (QED) is 0.826. The van der Waals surface area contributed by atoms with Gasteiger partial charge in [-0.3, -0.25) is 0 Å². The third kappa shape index (κ3) is 4.14. The van der Waals surface area contributed by atoms with Crippen LogP contribution in [0.4, 0.5) is 5.82 Å². The van der Waals surface area contributed by atoms with Crippen LogP contribution in [0.2, 0.25) is 0 Å². The van der Waals surface area contributed by atoms with Crippen molar-refractivity contribution in [1.29, 1.82) is 0 Å². The maximum absolute atomic E-state index is 4.56. The van der Waals surface area contributed by atoms with E-state index >= 15 is 0 Å². The van der Waals surface area contributed by atoms with Crippen LogP contribution in [0.3, 0.4) is 0 Å². The topological polar surface area (TPSA) is 63.6 Å². The molecule has 0 bridgehead atoms. The van der Waals surface area contributed by atoms with Gasteiger partial charge in [-0.2, -0.15) is 0 Å². The van der Waals surface area contributed by atoms with Gasteiger partial charge >= 0.3 is 0 Å². The Labute approximate surface area is 121 Å². The van der Waals surface area contributed by atoms with E-state index in [0.29, 0.717) is 0 Å². The molecule has 0 fully saturated rings. The van der Waals surface area contributed by atoms with E-state index in [1.165, 1.54) is 0 Å². The summed E-state index contributed by atoms with van der Waals surface area (Å²) >= 11 is 3.12. The normalized spacial score (nSPS) is 10.7. The average molecular weight is 295 g/mol. The summed E-state index contributed by atoms with van der Waals surface area (Å²) in [5, 5.41) is 13.3. The molecule has 0 atom stereocenters. The SMILES string of the molecule is CCCc1nc(NCC)cc(Sc2nnc(C)s2)n1. The van der Waals surface area contributed by atoms with E-state index in [0.717, 1.165) is 45.4 Å². The predicted octanol–water partition coefficient (Wildman–Crippen LogP) is 3.17. The van der Waals surface area contributed by atoms with Crippen LogP contribution < -0.4 is 5.32 Å². The van der Waals surface area contributed by atoms with Gasteiger partial charge in [0.15, 0.2) is 4.34 Å². The highest BCUT2D eigenvalue weighted by molar-refractivity contribution is 8.01. The lowest BCUT2D eigenvalue weighted by molar-refractivity contribution is 0.809. The number of hydrogen-bond donors (Lipinski definition) is 1. The molecule has 0 aliphatic heterocycles. The second-order valence-corrected chi connectivity index (χ2v) is 6.43. The molecule has 1 N–H and O–H groups in total. The van der Waals surface area contributed by atoms with Crippen molar-refractivity contribution in [2.75, 3.05) is 11.9 Å². The molecule has 2 rings (SSSR count). The van der Waals surface area contributed by atoms with Crippen LogP contribution in [-0.4, -0.2) is 26.7 Å². The van der Waals surface area contributed by atoms with Crippen LogP contribution in [-0.2, 0) is 6.42 Å². The zero-order chi connectivity index (χ0) is 13.7. The van der Waals surface area contributed by atoms with Gasteiger partial charge in [-0.15, -0.1) is 10.2 Å². The van der Waals surface area contributed by atoms with E-state index < -0.39 is 0 Å². The summed E-state index contributed by atoms with van der Waals surface area (Å²) in [5.74, 6) is 1.76. The smallest absolute Gasteiger partial charge is 0.180 e. The summed E-state index contributed by atoms with van der Waals surface area (Å²) in [5.41, 5.74) is 0. The monoisotopic (exact) mass is 295 g/mol. The Morgan fingerprint density at radius 2 is 2.11 bits per heavy atom. The Balaban J connectivity index is 2.22. The van der Waals surface area contributed by atoms with Crippen molar-refractivity contribution in [2.45, 2.75) is 43.0 Å². The number of nitrogens with one attached hydrogen (secondary N) is 1. The van der Waals surface area contributed by atoms with Crippen molar-refractivity contribution in [2.24, 2.45) is 0 Å². The molecule has 0 saturated heterocycles. The lowest BCUT2D eigenvalue weighted by atomic mass is 10.3. The van der Waals surface area contributed by atoms with E-state index in [1.807, 2.05) is 13.0 Å². The molecule has 0 amide bonds. The largest absolute Gasteiger partial charge is 0.370 e. The second kappa shape index (κ2) is 6.81. The molecule has 0 radical (unpaired) electrons. The van der Waals surface area contributed by atoms with Crippen LogP contribution in [0, 0.1) is 6.92 Å². The summed E-state index contributed by atoms with van der Waals surface area (Å²) in [6, 6.07) is 1.96. The average Bonchev–Trinajstić information content (AvgIpc) is 2.75. The molecule has 0 unspecified atom stereocenters. The third-order valence-corrected chi connectivity index (χ3v) is 4.09. The first-order chi connectivity index (χ1) is 9.21. The minimum atomic E-state index is 0.852. The van der Waals surface area contributed by atoms with Crippen molar-refractivity contribution < 1.29 is 0 Å². The van der Waals surface area contributed by atoms with Gasteiger partial charge in [0, 0.05) is 19.0 Å². The summed E-state index contributed by atoms with van der Waals surface area (Å²) < 4.78 is 0.918. The van der Waals surface area contributed by atoms with Crippen LogP contribution in [0.25, 0.3) is 0 Å². The molecular formula is C12H17N5S2. The Morgan fingerprint density at radius 1 is 1.26 bits per heavy atom. The fourth-order valence-electron chi connectivity index (χ4n) is 1.54. The molecule has 2 aromatic heterocycles. The highest BCUT2D eigenvalue weighted by Gasteiger charge is 2.08. The van der Waals surface area contributed by atoms with E-state index in [4.69, 9.17) is 0 Å². The molecule has 2 heterocycles. The molecule has 0 spiro atoms. The van der Waals surface area contributed by atoms with Crippen molar-refractivity contribution in [1.82, 2.24) is 20.2 Å². The predicted molar refractivity (Wildman–Crippen MR) is 79.0 cm³/mol. The van der Waals surface area contributed by atoms with E-state index in [-0.39, 0.29) is 0 Å². The molecular weight excluding hydrogens is 278 g/mol. The Bertz CT molecular complexity index is 516. The maximum Gasteiger partial charge on any atom is 0.180 e. The molecule has 19 heavy (non-hydrogen) atoms. The molecule has 0 aromatic carbocycles. The van der Waals surface area contributed by atoms with Gasteiger partial charge < -0.3 is 5.32 Å².